The smallest absolute Gasteiger partial charge is 0.143 e. The van der Waals surface area contributed by atoms with Crippen LogP contribution < -0.4 is 0 Å². The van der Waals surface area contributed by atoms with Crippen molar-refractivity contribution in [2.24, 2.45) is 0 Å². The van der Waals surface area contributed by atoms with Crippen molar-refractivity contribution >= 4 is 125 Å². The minimum Gasteiger partial charge on any atom is -0.455 e. The van der Waals surface area contributed by atoms with Gasteiger partial charge in [-0.1, -0.05) is 246 Å². The molecule has 20 rings (SSSR count). The first-order chi connectivity index (χ1) is 45.0. The van der Waals surface area contributed by atoms with Gasteiger partial charge >= 0.3 is 0 Å². The van der Waals surface area contributed by atoms with Gasteiger partial charge in [-0.2, -0.15) is 0 Å². The number of hydrogen-bond acceptors (Lipinski definition) is 4. The van der Waals surface area contributed by atoms with Gasteiger partial charge in [-0.3, -0.25) is 0 Å². The summed E-state index contributed by atoms with van der Waals surface area (Å²) in [6, 6.07) is 107. The average molecular weight is 1230 g/mol. The average Bonchev–Trinajstić information content (AvgIpc) is 1.89. The molecule has 19 aromatic rings. The molecule has 5 nitrogen and oxygen atoms in total. The molecule has 0 atom stereocenters. The molecule has 5 aromatic heterocycles. The summed E-state index contributed by atoms with van der Waals surface area (Å²) in [5.41, 5.74) is 25.6. The van der Waals surface area contributed by atoms with Gasteiger partial charge < -0.3 is 22.2 Å². The van der Waals surface area contributed by atoms with Gasteiger partial charge in [0, 0.05) is 86.3 Å². The minimum absolute atomic E-state index is 0.914. The van der Waals surface area contributed by atoms with E-state index in [0.29, 0.717) is 0 Å². The van der Waals surface area contributed by atoms with E-state index in [4.69, 9.17) is 17.7 Å². The molecule has 0 saturated heterocycles. The van der Waals surface area contributed by atoms with E-state index >= 15 is 0 Å². The fourth-order valence-corrected chi connectivity index (χ4v) is 14.3. The van der Waals surface area contributed by atoms with Crippen LogP contribution in [-0.4, -0.2) is 4.57 Å². The molecule has 0 N–H and O–H groups in total. The Labute approximate surface area is 531 Å². The number of benzene rings is 14. The third-order valence-electron chi connectivity index (χ3n) is 18.3. The Kier molecular flexibility index (Phi) is 12.4. The zero-order valence-electron chi connectivity index (χ0n) is 49.0. The summed E-state index contributed by atoms with van der Waals surface area (Å²) in [5, 5.41) is 11.7. The van der Waals surface area contributed by atoms with E-state index in [1.165, 1.54) is 71.2 Å². The summed E-state index contributed by atoms with van der Waals surface area (Å²) in [6.07, 6.45) is 1.03. The van der Waals surface area contributed by atoms with Crippen molar-refractivity contribution in [1.29, 1.82) is 0 Å². The number of fused-ring (bicyclic) bond motifs is 18. The molecule has 0 amide bonds. The molecule has 0 unspecified atom stereocenters. The van der Waals surface area contributed by atoms with Crippen molar-refractivity contribution in [2.75, 3.05) is 0 Å². The topological polar surface area (TPSA) is 57.5 Å². The largest absolute Gasteiger partial charge is 0.455 e. The van der Waals surface area contributed by atoms with Gasteiger partial charge in [0.1, 0.15) is 44.7 Å². The second-order valence-electron chi connectivity index (χ2n) is 23.5. The van der Waals surface area contributed by atoms with E-state index in [-0.39, 0.29) is 0 Å². The van der Waals surface area contributed by atoms with Gasteiger partial charge in [-0.25, -0.2) is 0 Å². The number of nitrogens with zero attached hydrogens (tertiary/aromatic N) is 1. The number of furan rings is 4. The zero-order valence-corrected chi connectivity index (χ0v) is 50.6. The molecular weight excluding hydrogens is 1180 g/mol. The van der Waals surface area contributed by atoms with Crippen molar-refractivity contribution in [3.05, 3.63) is 319 Å². The van der Waals surface area contributed by atoms with Crippen LogP contribution in [0.15, 0.2) is 325 Å². The SMILES string of the molecule is Brc1ccc(-c2cccc3c2oc2ccccc23)cc1.c1ccc2c(c1)Cc1ccc(-c3cccc4c3oc3ccccc34)cc1-2.c1ccc2c(c1)oc1c(-c3ccc(-n4c5ccccc5c5cc(-c6cccc7c6oc6ccccc67)ccc54)cc3)cccc12. The molecule has 14 aromatic carbocycles. The lowest BCUT2D eigenvalue weighted by atomic mass is 9.97. The van der Waals surface area contributed by atoms with Crippen molar-refractivity contribution in [3.8, 4) is 61.3 Å². The third kappa shape index (κ3) is 8.81. The zero-order chi connectivity index (χ0) is 60.1. The van der Waals surface area contributed by atoms with Gasteiger partial charge in [0.15, 0.2) is 0 Å². The molecule has 91 heavy (non-hydrogen) atoms. The number of aromatic nitrogens is 1. The molecule has 0 spiro atoms. The van der Waals surface area contributed by atoms with E-state index in [2.05, 4.69) is 269 Å². The van der Waals surface area contributed by atoms with E-state index in [1.807, 2.05) is 54.6 Å². The highest BCUT2D eigenvalue weighted by Crippen LogP contribution is 2.44. The Bertz CT molecular complexity index is 6070. The van der Waals surface area contributed by atoms with Gasteiger partial charge in [-0.05, 0) is 124 Å². The number of halogens is 1. The number of hydrogen-bond donors (Lipinski definition) is 0. The van der Waals surface area contributed by atoms with Crippen LogP contribution in [0.5, 0.6) is 0 Å². The first kappa shape index (κ1) is 52.7. The maximum absolute atomic E-state index is 6.39. The molecule has 1 aliphatic rings. The monoisotopic (exact) mass is 1230 g/mol. The van der Waals surface area contributed by atoms with Crippen LogP contribution in [0.1, 0.15) is 11.1 Å². The Balaban J connectivity index is 0.000000112. The Morgan fingerprint density at radius 2 is 0.593 bits per heavy atom. The van der Waals surface area contributed by atoms with Crippen molar-refractivity contribution < 1.29 is 17.7 Å². The molecule has 428 valence electrons. The molecule has 1 aliphatic carbocycles. The maximum atomic E-state index is 6.39. The van der Waals surface area contributed by atoms with Crippen LogP contribution in [0.25, 0.3) is 171 Å². The summed E-state index contributed by atoms with van der Waals surface area (Å²) in [6.45, 7) is 0. The fourth-order valence-electron chi connectivity index (χ4n) is 14.0. The Morgan fingerprint density at radius 3 is 1.10 bits per heavy atom. The minimum atomic E-state index is 0.914. The van der Waals surface area contributed by atoms with Crippen LogP contribution >= 0.6 is 15.9 Å². The molecule has 0 saturated carbocycles. The molecular formula is C85H52BrNO4. The summed E-state index contributed by atoms with van der Waals surface area (Å²) in [5.74, 6) is 0. The van der Waals surface area contributed by atoms with E-state index in [1.54, 1.807) is 0 Å². The highest BCUT2D eigenvalue weighted by molar-refractivity contribution is 9.10. The van der Waals surface area contributed by atoms with Crippen LogP contribution in [0.2, 0.25) is 0 Å². The summed E-state index contributed by atoms with van der Waals surface area (Å²) in [7, 11) is 0. The molecule has 0 aliphatic heterocycles. The van der Waals surface area contributed by atoms with Gasteiger partial charge in [-0.15, -0.1) is 0 Å². The highest BCUT2D eigenvalue weighted by atomic mass is 79.9. The van der Waals surface area contributed by atoms with Crippen LogP contribution in [0.3, 0.4) is 0 Å². The van der Waals surface area contributed by atoms with Crippen LogP contribution in [-0.2, 0) is 6.42 Å². The van der Waals surface area contributed by atoms with Crippen molar-refractivity contribution in [3.63, 3.8) is 0 Å². The number of para-hydroxylation sites is 9. The number of rotatable bonds is 5. The Morgan fingerprint density at radius 1 is 0.242 bits per heavy atom. The second-order valence-corrected chi connectivity index (χ2v) is 24.4. The van der Waals surface area contributed by atoms with Crippen LogP contribution in [0.4, 0.5) is 0 Å². The van der Waals surface area contributed by atoms with Gasteiger partial charge in [0.2, 0.25) is 0 Å². The van der Waals surface area contributed by atoms with E-state index in [0.717, 1.165) is 122 Å². The molecule has 0 radical (unpaired) electrons. The lowest BCUT2D eigenvalue weighted by Crippen LogP contribution is -1.93. The summed E-state index contributed by atoms with van der Waals surface area (Å²) < 4.78 is 28.5. The molecule has 5 heterocycles. The summed E-state index contributed by atoms with van der Waals surface area (Å²) in [4.78, 5) is 0. The summed E-state index contributed by atoms with van der Waals surface area (Å²) >= 11 is 3.47. The second kappa shape index (κ2) is 21.4. The fraction of sp³-hybridized carbons (Fsp3) is 0.0118. The highest BCUT2D eigenvalue weighted by Gasteiger charge is 2.22. The predicted octanol–water partition coefficient (Wildman–Crippen LogP) is 24.8. The lowest BCUT2D eigenvalue weighted by Gasteiger charge is -2.10. The quantitative estimate of drug-likeness (QED) is 0.172. The molecule has 6 heteroatoms. The first-order valence-electron chi connectivity index (χ1n) is 30.8. The maximum Gasteiger partial charge on any atom is 0.143 e. The van der Waals surface area contributed by atoms with Crippen molar-refractivity contribution in [1.82, 2.24) is 4.57 Å². The predicted molar refractivity (Wildman–Crippen MR) is 380 cm³/mol. The van der Waals surface area contributed by atoms with Crippen molar-refractivity contribution in [2.45, 2.75) is 6.42 Å². The van der Waals surface area contributed by atoms with Gasteiger partial charge in [0.05, 0.1) is 11.0 Å². The standard InChI is InChI=1S/C42H25NO2.C25H16O.C18H11BrO/c1-4-16-37-31(9-1)36-25-27(30-13-8-15-35-33-11-3-6-18-40(33)45-42(30)35)21-24-38(36)43(37)28-22-19-26(20-23-28)29-12-7-14-34-32-10-2-5-17-39(32)44-41(29)34;1-2-7-19-16(6-1)14-17-12-13-18(15-23(17)19)20-9-5-10-22-21-8-3-4-11-24(21)26-25(20)22;19-13-10-8-12(9-11-13)14-5-3-6-16-15-4-1-2-7-17(15)20-18(14)16/h1-25H;1-13,15H,14H2;1-11H. The van der Waals surface area contributed by atoms with Crippen LogP contribution in [0, 0.1) is 0 Å². The molecule has 0 fully saturated rings. The Hall–Kier alpha value is -11.4. The lowest BCUT2D eigenvalue weighted by molar-refractivity contribution is 0.669. The third-order valence-corrected chi connectivity index (χ3v) is 18.8. The van der Waals surface area contributed by atoms with Gasteiger partial charge in [0.25, 0.3) is 0 Å². The normalized spacial score (nSPS) is 12.0. The van der Waals surface area contributed by atoms with E-state index < -0.39 is 0 Å². The first-order valence-corrected chi connectivity index (χ1v) is 31.6. The van der Waals surface area contributed by atoms with E-state index in [9.17, 15) is 0 Å². The molecule has 0 bridgehead atoms.